The lowest BCUT2D eigenvalue weighted by molar-refractivity contribution is 0.111. The van der Waals surface area contributed by atoms with Crippen molar-refractivity contribution in [3.63, 3.8) is 0 Å². The summed E-state index contributed by atoms with van der Waals surface area (Å²) in [6.07, 6.45) is 2.74. The standard InChI is InChI=1S/C15H17NO2/c1-12-5-6-15(13(2)10-12)18-9-8-16-7-3-4-14(16)11-17/h3-7,10-11H,8-9H2,1-2H3. The molecular formula is C15H17NO2. The minimum Gasteiger partial charge on any atom is -0.491 e. The minimum absolute atomic E-state index is 0.555. The number of hydrogen-bond acceptors (Lipinski definition) is 2. The van der Waals surface area contributed by atoms with Crippen LogP contribution in [0.5, 0.6) is 5.75 Å². The van der Waals surface area contributed by atoms with E-state index in [1.165, 1.54) is 5.56 Å². The Morgan fingerprint density at radius 1 is 1.28 bits per heavy atom. The molecule has 1 heterocycles. The number of aldehydes is 1. The Labute approximate surface area is 107 Å². The number of ether oxygens (including phenoxy) is 1. The van der Waals surface area contributed by atoms with Gasteiger partial charge in [-0.2, -0.15) is 0 Å². The van der Waals surface area contributed by atoms with E-state index in [0.29, 0.717) is 18.8 Å². The van der Waals surface area contributed by atoms with Crippen molar-refractivity contribution in [3.8, 4) is 5.75 Å². The first-order valence-corrected chi connectivity index (χ1v) is 6.01. The third-order valence-corrected chi connectivity index (χ3v) is 2.91. The number of hydrogen-bond donors (Lipinski definition) is 0. The van der Waals surface area contributed by atoms with Gasteiger partial charge in [0.05, 0.1) is 12.2 Å². The molecular weight excluding hydrogens is 226 g/mol. The van der Waals surface area contributed by atoms with Gasteiger partial charge in [0.25, 0.3) is 0 Å². The van der Waals surface area contributed by atoms with Gasteiger partial charge < -0.3 is 9.30 Å². The Morgan fingerprint density at radius 2 is 2.11 bits per heavy atom. The molecule has 0 bridgehead atoms. The fourth-order valence-corrected chi connectivity index (χ4v) is 1.95. The molecule has 1 aromatic heterocycles. The summed E-state index contributed by atoms with van der Waals surface area (Å²) in [5.41, 5.74) is 3.05. The van der Waals surface area contributed by atoms with Crippen molar-refractivity contribution in [2.75, 3.05) is 6.61 Å². The fourth-order valence-electron chi connectivity index (χ4n) is 1.95. The van der Waals surface area contributed by atoms with Gasteiger partial charge in [0.2, 0.25) is 0 Å². The van der Waals surface area contributed by atoms with Gasteiger partial charge in [-0.05, 0) is 37.6 Å². The maximum Gasteiger partial charge on any atom is 0.166 e. The first kappa shape index (κ1) is 12.4. The molecule has 0 amide bonds. The molecule has 0 fully saturated rings. The number of nitrogens with zero attached hydrogens (tertiary/aromatic N) is 1. The average Bonchev–Trinajstić information content (AvgIpc) is 2.79. The third-order valence-electron chi connectivity index (χ3n) is 2.91. The van der Waals surface area contributed by atoms with Crippen LogP contribution in [0.2, 0.25) is 0 Å². The molecule has 0 saturated heterocycles. The van der Waals surface area contributed by atoms with E-state index in [4.69, 9.17) is 4.74 Å². The molecule has 0 atom stereocenters. The largest absolute Gasteiger partial charge is 0.491 e. The van der Waals surface area contributed by atoms with Crippen molar-refractivity contribution in [1.29, 1.82) is 0 Å². The highest BCUT2D eigenvalue weighted by molar-refractivity contribution is 5.72. The van der Waals surface area contributed by atoms with Crippen molar-refractivity contribution >= 4 is 6.29 Å². The van der Waals surface area contributed by atoms with Crippen LogP contribution in [0.25, 0.3) is 0 Å². The van der Waals surface area contributed by atoms with E-state index in [1.807, 2.05) is 35.9 Å². The monoisotopic (exact) mass is 243 g/mol. The smallest absolute Gasteiger partial charge is 0.166 e. The van der Waals surface area contributed by atoms with Crippen LogP contribution < -0.4 is 4.74 Å². The Bertz CT molecular complexity index is 543. The highest BCUT2D eigenvalue weighted by atomic mass is 16.5. The van der Waals surface area contributed by atoms with E-state index < -0.39 is 0 Å². The summed E-state index contributed by atoms with van der Waals surface area (Å²) < 4.78 is 7.61. The Hall–Kier alpha value is -2.03. The Kier molecular flexibility index (Phi) is 3.82. The molecule has 1 aromatic carbocycles. The highest BCUT2D eigenvalue weighted by Crippen LogP contribution is 2.18. The van der Waals surface area contributed by atoms with Crippen molar-refractivity contribution in [2.24, 2.45) is 0 Å². The van der Waals surface area contributed by atoms with Crippen molar-refractivity contribution in [3.05, 3.63) is 53.3 Å². The van der Waals surface area contributed by atoms with Gasteiger partial charge in [-0.3, -0.25) is 4.79 Å². The predicted octanol–water partition coefficient (Wildman–Crippen LogP) is 3.00. The van der Waals surface area contributed by atoms with E-state index in [2.05, 4.69) is 13.0 Å². The fraction of sp³-hybridized carbons (Fsp3) is 0.267. The van der Waals surface area contributed by atoms with Gasteiger partial charge in [0.1, 0.15) is 12.4 Å². The summed E-state index contributed by atoms with van der Waals surface area (Å²) >= 11 is 0. The predicted molar refractivity (Wildman–Crippen MR) is 71.2 cm³/mol. The van der Waals surface area contributed by atoms with E-state index in [9.17, 15) is 4.79 Å². The third kappa shape index (κ3) is 2.80. The lowest BCUT2D eigenvalue weighted by Crippen LogP contribution is -2.10. The molecule has 0 aliphatic heterocycles. The lowest BCUT2D eigenvalue weighted by atomic mass is 10.1. The van der Waals surface area contributed by atoms with Gasteiger partial charge in [-0.25, -0.2) is 0 Å². The first-order valence-electron chi connectivity index (χ1n) is 6.01. The van der Waals surface area contributed by atoms with Gasteiger partial charge in [0.15, 0.2) is 6.29 Å². The normalized spacial score (nSPS) is 10.3. The molecule has 0 N–H and O–H groups in total. The van der Waals surface area contributed by atoms with Gasteiger partial charge in [0, 0.05) is 6.20 Å². The minimum atomic E-state index is 0.555. The molecule has 94 valence electrons. The zero-order chi connectivity index (χ0) is 13.0. The summed E-state index contributed by atoms with van der Waals surface area (Å²) in [5, 5.41) is 0. The second kappa shape index (κ2) is 5.54. The molecule has 0 radical (unpaired) electrons. The van der Waals surface area contributed by atoms with Gasteiger partial charge in [-0.1, -0.05) is 17.7 Å². The van der Waals surface area contributed by atoms with Crippen LogP contribution in [-0.4, -0.2) is 17.5 Å². The van der Waals surface area contributed by atoms with Gasteiger partial charge in [-0.15, -0.1) is 0 Å². The van der Waals surface area contributed by atoms with Crippen molar-refractivity contribution in [1.82, 2.24) is 4.57 Å². The highest BCUT2D eigenvalue weighted by Gasteiger charge is 2.01. The summed E-state index contributed by atoms with van der Waals surface area (Å²) in [5.74, 6) is 0.903. The maximum absolute atomic E-state index is 10.8. The number of rotatable bonds is 5. The van der Waals surface area contributed by atoms with Gasteiger partial charge >= 0.3 is 0 Å². The molecule has 0 aliphatic rings. The maximum atomic E-state index is 10.8. The molecule has 2 aromatic rings. The SMILES string of the molecule is Cc1ccc(OCCn2cccc2C=O)c(C)c1. The number of carbonyl (C=O) groups is 1. The zero-order valence-corrected chi connectivity index (χ0v) is 10.7. The molecule has 3 nitrogen and oxygen atoms in total. The number of carbonyl (C=O) groups excluding carboxylic acids is 1. The molecule has 0 unspecified atom stereocenters. The molecule has 0 aliphatic carbocycles. The van der Waals surface area contributed by atoms with E-state index >= 15 is 0 Å². The molecule has 3 heteroatoms. The average molecular weight is 243 g/mol. The molecule has 18 heavy (non-hydrogen) atoms. The van der Waals surface area contributed by atoms with Crippen LogP contribution >= 0.6 is 0 Å². The second-order valence-corrected chi connectivity index (χ2v) is 4.36. The van der Waals surface area contributed by atoms with Crippen LogP contribution in [0.15, 0.2) is 36.5 Å². The summed E-state index contributed by atoms with van der Waals surface area (Å²) in [6.45, 7) is 5.33. The van der Waals surface area contributed by atoms with E-state index in [0.717, 1.165) is 17.6 Å². The van der Waals surface area contributed by atoms with Crippen LogP contribution in [0.4, 0.5) is 0 Å². The lowest BCUT2D eigenvalue weighted by Gasteiger charge is -2.11. The van der Waals surface area contributed by atoms with Crippen molar-refractivity contribution < 1.29 is 9.53 Å². The molecule has 2 rings (SSSR count). The first-order chi connectivity index (χ1) is 8.70. The van der Waals surface area contributed by atoms with E-state index in [-0.39, 0.29) is 0 Å². The summed E-state index contributed by atoms with van der Waals surface area (Å²) in [4.78, 5) is 10.8. The molecule has 0 spiro atoms. The zero-order valence-electron chi connectivity index (χ0n) is 10.7. The quantitative estimate of drug-likeness (QED) is 0.756. The second-order valence-electron chi connectivity index (χ2n) is 4.36. The molecule has 0 saturated carbocycles. The number of aromatic nitrogens is 1. The van der Waals surface area contributed by atoms with Crippen LogP contribution in [0.3, 0.4) is 0 Å². The number of benzene rings is 1. The Morgan fingerprint density at radius 3 is 2.83 bits per heavy atom. The Balaban J connectivity index is 1.94. The summed E-state index contributed by atoms with van der Waals surface area (Å²) in [7, 11) is 0. The van der Waals surface area contributed by atoms with Crippen LogP contribution in [0, 0.1) is 13.8 Å². The topological polar surface area (TPSA) is 31.2 Å². The summed E-state index contributed by atoms with van der Waals surface area (Å²) in [6, 6.07) is 9.78. The van der Waals surface area contributed by atoms with E-state index in [1.54, 1.807) is 6.07 Å². The van der Waals surface area contributed by atoms with Crippen LogP contribution in [0.1, 0.15) is 21.6 Å². The van der Waals surface area contributed by atoms with Crippen LogP contribution in [-0.2, 0) is 6.54 Å². The van der Waals surface area contributed by atoms with Crippen molar-refractivity contribution in [2.45, 2.75) is 20.4 Å². The number of aryl methyl sites for hydroxylation is 2.